The van der Waals surface area contributed by atoms with Crippen LogP contribution >= 0.6 is 0 Å². The molecule has 0 aromatic heterocycles. The van der Waals surface area contributed by atoms with Gasteiger partial charge in [0.25, 0.3) is 5.91 Å². The van der Waals surface area contributed by atoms with E-state index in [4.69, 9.17) is 10.5 Å². The van der Waals surface area contributed by atoms with Crippen LogP contribution in [0, 0.1) is 11.8 Å². The summed E-state index contributed by atoms with van der Waals surface area (Å²) in [5.41, 5.74) is 4.36. The predicted molar refractivity (Wildman–Crippen MR) is 75.4 cm³/mol. The molecule has 0 radical (unpaired) electrons. The second-order valence-electron chi connectivity index (χ2n) is 5.51. The molecule has 0 spiro atoms. The lowest BCUT2D eigenvalue weighted by molar-refractivity contribution is -0.137. The molecular weight excluding hydrogens is 313 g/mol. The summed E-state index contributed by atoms with van der Waals surface area (Å²) in [5, 5.41) is 0. The smallest absolute Gasteiger partial charge is 0.384 e. The lowest BCUT2D eigenvalue weighted by atomic mass is 9.96. The number of alkyl halides is 3. The molecule has 1 aliphatic rings. The molecule has 5 nitrogen and oxygen atoms in total. The second kappa shape index (κ2) is 6.57. The van der Waals surface area contributed by atoms with Crippen LogP contribution in [0.2, 0.25) is 0 Å². The van der Waals surface area contributed by atoms with Crippen molar-refractivity contribution >= 4 is 11.8 Å². The molecule has 1 fully saturated rings. The van der Waals surface area contributed by atoms with Crippen molar-refractivity contribution in [2.24, 2.45) is 17.6 Å². The number of likely N-dealkylation sites (tertiary alicyclic amines) is 1. The monoisotopic (exact) mass is 330 g/mol. The number of primary amides is 1. The van der Waals surface area contributed by atoms with Crippen LogP contribution in [-0.4, -0.2) is 43.5 Å². The van der Waals surface area contributed by atoms with Gasteiger partial charge in [-0.1, -0.05) is 6.07 Å². The number of methoxy groups -OCH3 is 1. The van der Waals surface area contributed by atoms with Crippen LogP contribution in [-0.2, 0) is 15.7 Å². The van der Waals surface area contributed by atoms with Crippen molar-refractivity contribution in [2.75, 3.05) is 26.8 Å². The predicted octanol–water partition coefficient (Wildman–Crippen LogP) is 1.53. The SMILES string of the molecule is COC[C@@H]1CN(C(=O)c2cccc(C(F)(F)F)c2)C[C@H]1C(N)=O. The fourth-order valence-corrected chi connectivity index (χ4v) is 2.75. The number of benzene rings is 1. The van der Waals surface area contributed by atoms with E-state index in [9.17, 15) is 22.8 Å². The van der Waals surface area contributed by atoms with Gasteiger partial charge in [-0.3, -0.25) is 9.59 Å². The van der Waals surface area contributed by atoms with Gasteiger partial charge in [0, 0.05) is 31.7 Å². The number of hydrogen-bond acceptors (Lipinski definition) is 3. The summed E-state index contributed by atoms with van der Waals surface area (Å²) in [4.78, 5) is 25.2. The van der Waals surface area contributed by atoms with Gasteiger partial charge in [-0.25, -0.2) is 0 Å². The molecule has 2 amide bonds. The highest BCUT2D eigenvalue weighted by Gasteiger charge is 2.39. The van der Waals surface area contributed by atoms with Crippen LogP contribution in [0.15, 0.2) is 24.3 Å². The van der Waals surface area contributed by atoms with E-state index in [0.29, 0.717) is 0 Å². The molecule has 2 rings (SSSR count). The van der Waals surface area contributed by atoms with Gasteiger partial charge in [0.15, 0.2) is 0 Å². The Morgan fingerprint density at radius 1 is 1.35 bits per heavy atom. The zero-order chi connectivity index (χ0) is 17.2. The molecular formula is C15H17F3N2O3. The highest BCUT2D eigenvalue weighted by molar-refractivity contribution is 5.95. The Bertz CT molecular complexity index is 604. The zero-order valence-electron chi connectivity index (χ0n) is 12.5. The Morgan fingerprint density at radius 2 is 2.04 bits per heavy atom. The van der Waals surface area contributed by atoms with Crippen LogP contribution in [0.25, 0.3) is 0 Å². The quantitative estimate of drug-likeness (QED) is 0.910. The van der Waals surface area contributed by atoms with E-state index in [1.165, 1.54) is 24.1 Å². The lowest BCUT2D eigenvalue weighted by Crippen LogP contribution is -2.32. The van der Waals surface area contributed by atoms with Gasteiger partial charge >= 0.3 is 6.18 Å². The molecule has 0 saturated carbocycles. The molecule has 0 aliphatic carbocycles. The van der Waals surface area contributed by atoms with Gasteiger partial charge in [-0.2, -0.15) is 13.2 Å². The van der Waals surface area contributed by atoms with Crippen molar-refractivity contribution in [3.05, 3.63) is 35.4 Å². The Hall–Kier alpha value is -2.09. The minimum atomic E-state index is -4.52. The number of nitrogens with zero attached hydrogens (tertiary/aromatic N) is 1. The molecule has 1 aromatic carbocycles. The van der Waals surface area contributed by atoms with Crippen molar-refractivity contribution < 1.29 is 27.5 Å². The van der Waals surface area contributed by atoms with Crippen LogP contribution in [0.3, 0.4) is 0 Å². The molecule has 8 heteroatoms. The van der Waals surface area contributed by atoms with Gasteiger partial charge in [0.2, 0.25) is 5.91 Å². The second-order valence-corrected chi connectivity index (χ2v) is 5.51. The summed E-state index contributed by atoms with van der Waals surface area (Å²) in [6, 6.07) is 4.22. The van der Waals surface area contributed by atoms with Gasteiger partial charge < -0.3 is 15.4 Å². The fourth-order valence-electron chi connectivity index (χ4n) is 2.75. The molecule has 1 aliphatic heterocycles. The number of carbonyl (C=O) groups excluding carboxylic acids is 2. The van der Waals surface area contributed by atoms with Crippen molar-refractivity contribution in [2.45, 2.75) is 6.18 Å². The molecule has 0 unspecified atom stereocenters. The molecule has 23 heavy (non-hydrogen) atoms. The molecule has 1 aromatic rings. The Balaban J connectivity index is 2.19. The number of halogens is 3. The summed E-state index contributed by atoms with van der Waals surface area (Å²) in [6.07, 6.45) is -4.52. The summed E-state index contributed by atoms with van der Waals surface area (Å²) >= 11 is 0. The van der Waals surface area contributed by atoms with E-state index in [0.717, 1.165) is 12.1 Å². The first-order valence-corrected chi connectivity index (χ1v) is 6.98. The summed E-state index contributed by atoms with van der Waals surface area (Å²) < 4.78 is 43.2. The average molecular weight is 330 g/mol. The highest BCUT2D eigenvalue weighted by Crippen LogP contribution is 2.30. The molecule has 1 saturated heterocycles. The number of amides is 2. The van der Waals surface area contributed by atoms with Gasteiger partial charge in [0.05, 0.1) is 18.1 Å². The summed E-state index contributed by atoms with van der Waals surface area (Å²) in [7, 11) is 1.47. The molecule has 2 N–H and O–H groups in total. The average Bonchev–Trinajstić information content (AvgIpc) is 2.90. The Labute approximate surface area is 131 Å². The highest BCUT2D eigenvalue weighted by atomic mass is 19.4. The van der Waals surface area contributed by atoms with E-state index >= 15 is 0 Å². The van der Waals surface area contributed by atoms with E-state index in [1.807, 2.05) is 0 Å². The third kappa shape index (κ3) is 3.82. The number of ether oxygens (including phenoxy) is 1. The van der Waals surface area contributed by atoms with Crippen molar-refractivity contribution in [3.63, 3.8) is 0 Å². The minimum absolute atomic E-state index is 0.0684. The maximum absolute atomic E-state index is 12.7. The minimum Gasteiger partial charge on any atom is -0.384 e. The van der Waals surface area contributed by atoms with Crippen molar-refractivity contribution in [1.82, 2.24) is 4.90 Å². The van der Waals surface area contributed by atoms with Gasteiger partial charge in [-0.05, 0) is 18.2 Å². The Kier molecular flexibility index (Phi) is 4.93. The first kappa shape index (κ1) is 17.3. The van der Waals surface area contributed by atoms with E-state index in [-0.39, 0.29) is 31.2 Å². The van der Waals surface area contributed by atoms with E-state index < -0.39 is 29.5 Å². The maximum Gasteiger partial charge on any atom is 0.416 e. The van der Waals surface area contributed by atoms with Crippen molar-refractivity contribution in [1.29, 1.82) is 0 Å². The van der Waals surface area contributed by atoms with Crippen molar-refractivity contribution in [3.8, 4) is 0 Å². The third-order valence-corrected chi connectivity index (χ3v) is 3.91. The maximum atomic E-state index is 12.7. The number of nitrogens with two attached hydrogens (primary N) is 1. The van der Waals surface area contributed by atoms with Crippen LogP contribution in [0.5, 0.6) is 0 Å². The van der Waals surface area contributed by atoms with Gasteiger partial charge in [0.1, 0.15) is 0 Å². The molecule has 2 atom stereocenters. The normalized spacial score (nSPS) is 21.5. The third-order valence-electron chi connectivity index (χ3n) is 3.91. The molecule has 0 bridgehead atoms. The lowest BCUT2D eigenvalue weighted by Gasteiger charge is -2.17. The summed E-state index contributed by atoms with van der Waals surface area (Å²) in [5.74, 6) is -1.93. The standard InChI is InChI=1S/C15H17F3N2O3/c1-23-8-10-6-20(7-12(10)13(19)21)14(22)9-3-2-4-11(5-9)15(16,17)18/h2-5,10,12H,6-8H2,1H3,(H2,19,21)/t10-,12+/m0/s1. The van der Waals surface area contributed by atoms with Crippen LogP contribution in [0.4, 0.5) is 13.2 Å². The number of hydrogen-bond donors (Lipinski definition) is 1. The Morgan fingerprint density at radius 3 is 2.61 bits per heavy atom. The largest absolute Gasteiger partial charge is 0.416 e. The van der Waals surface area contributed by atoms with Crippen LogP contribution < -0.4 is 5.73 Å². The first-order chi connectivity index (χ1) is 10.7. The summed E-state index contributed by atoms with van der Waals surface area (Å²) in [6.45, 7) is 0.551. The molecule has 1 heterocycles. The van der Waals surface area contributed by atoms with E-state index in [1.54, 1.807) is 0 Å². The number of rotatable bonds is 4. The fraction of sp³-hybridized carbons (Fsp3) is 0.467. The molecule has 126 valence electrons. The van der Waals surface area contributed by atoms with Gasteiger partial charge in [-0.15, -0.1) is 0 Å². The van der Waals surface area contributed by atoms with E-state index in [2.05, 4.69) is 0 Å². The van der Waals surface area contributed by atoms with Crippen LogP contribution in [0.1, 0.15) is 15.9 Å². The topological polar surface area (TPSA) is 72.6 Å². The number of carbonyl (C=O) groups is 2. The zero-order valence-corrected chi connectivity index (χ0v) is 12.5. The first-order valence-electron chi connectivity index (χ1n) is 6.98.